The Morgan fingerprint density at radius 1 is 1.44 bits per heavy atom. The zero-order valence-electron chi connectivity index (χ0n) is 10.1. The fraction of sp³-hybridized carbons (Fsp3) is 0.444. The van der Waals surface area contributed by atoms with Crippen LogP contribution in [0.5, 0.6) is 0 Å². The summed E-state index contributed by atoms with van der Waals surface area (Å²) < 4.78 is 22.0. The first-order chi connectivity index (χ1) is 8.33. The van der Waals surface area contributed by atoms with Gasteiger partial charge in [-0.1, -0.05) is 0 Å². The van der Waals surface area contributed by atoms with Crippen LogP contribution in [0, 0.1) is 0 Å². The molecule has 0 bridgehead atoms. The van der Waals surface area contributed by atoms with Gasteiger partial charge in [-0.25, -0.2) is 14.3 Å². The Labute approximate surface area is 105 Å². The Morgan fingerprint density at radius 3 is 2.56 bits per heavy atom. The number of nitrogens with two attached hydrogens (primary N) is 1. The van der Waals surface area contributed by atoms with E-state index in [1.807, 2.05) is 0 Å². The molecule has 0 aliphatic carbocycles. The van der Waals surface area contributed by atoms with E-state index < -0.39 is 15.7 Å². The number of nitrogen functional groups attached to an aromatic ring is 1. The van der Waals surface area contributed by atoms with Gasteiger partial charge in [0.1, 0.15) is 9.84 Å². The number of amides is 1. The molecule has 1 aromatic rings. The zero-order chi connectivity index (χ0) is 13.8. The van der Waals surface area contributed by atoms with Crippen molar-refractivity contribution in [1.29, 1.82) is 0 Å². The van der Waals surface area contributed by atoms with Gasteiger partial charge < -0.3 is 10.3 Å². The predicted octanol–water partition coefficient (Wildman–Crippen LogP) is -1.12. The van der Waals surface area contributed by atoms with Crippen LogP contribution in [0.3, 0.4) is 0 Å². The number of hydrogen-bond donors (Lipinski definition) is 2. The highest BCUT2D eigenvalue weighted by Crippen LogP contribution is 2.03. The van der Waals surface area contributed by atoms with Crippen molar-refractivity contribution in [2.75, 3.05) is 31.0 Å². The average molecular weight is 273 g/mol. The molecule has 0 aliphatic rings. The Bertz CT molecular complexity index is 514. The molecule has 0 atom stereocenters. The first-order valence-electron chi connectivity index (χ1n) is 5.07. The van der Waals surface area contributed by atoms with Crippen molar-refractivity contribution < 1.29 is 13.2 Å². The number of rotatable bonds is 5. The topological polar surface area (TPSA) is 118 Å². The summed E-state index contributed by atoms with van der Waals surface area (Å²) in [7, 11) is -1.60. The van der Waals surface area contributed by atoms with Gasteiger partial charge in [0, 0.05) is 19.8 Å². The van der Waals surface area contributed by atoms with Crippen LogP contribution in [0.25, 0.3) is 0 Å². The van der Waals surface area contributed by atoms with Gasteiger partial charge in [0.05, 0.1) is 5.75 Å². The molecule has 3 N–H and O–H groups in total. The molecule has 1 rings (SSSR count). The van der Waals surface area contributed by atoms with Crippen LogP contribution in [0.2, 0.25) is 0 Å². The maximum Gasteiger partial charge on any atom is 0.274 e. The summed E-state index contributed by atoms with van der Waals surface area (Å²) in [4.78, 5) is 13.1. The third-order valence-electron chi connectivity index (χ3n) is 2.18. The van der Waals surface area contributed by atoms with Crippen molar-refractivity contribution in [2.24, 2.45) is 5.84 Å². The lowest BCUT2D eigenvalue weighted by Gasteiger charge is -2.15. The average Bonchev–Trinajstić information content (AvgIpc) is 2.34. The predicted molar refractivity (Wildman–Crippen MR) is 66.5 cm³/mol. The molecule has 18 heavy (non-hydrogen) atoms. The number of anilines is 1. The summed E-state index contributed by atoms with van der Waals surface area (Å²) in [6, 6.07) is 2.96. The second-order valence-corrected chi connectivity index (χ2v) is 6.06. The normalized spacial score (nSPS) is 11.1. The Hall–Kier alpha value is -1.74. The first-order valence-corrected chi connectivity index (χ1v) is 7.13. The van der Waals surface area contributed by atoms with Crippen LogP contribution >= 0.6 is 0 Å². The van der Waals surface area contributed by atoms with Crippen LogP contribution in [-0.2, 0) is 9.84 Å². The Morgan fingerprint density at radius 2 is 2.11 bits per heavy atom. The summed E-state index contributed by atoms with van der Waals surface area (Å²) in [5, 5.41) is 7.34. The molecule has 0 fully saturated rings. The number of aromatic nitrogens is 2. The van der Waals surface area contributed by atoms with Crippen molar-refractivity contribution in [2.45, 2.75) is 0 Å². The van der Waals surface area contributed by atoms with E-state index in [2.05, 4.69) is 15.6 Å². The zero-order valence-corrected chi connectivity index (χ0v) is 10.9. The lowest BCUT2D eigenvalue weighted by atomic mass is 10.3. The van der Waals surface area contributed by atoms with Crippen LogP contribution in [0.15, 0.2) is 12.1 Å². The molecule has 9 heteroatoms. The quantitative estimate of drug-likeness (QED) is 0.515. The number of carbonyl (C=O) groups excluding carboxylic acids is 1. The number of nitrogens with one attached hydrogen (secondary N) is 1. The standard InChI is InChI=1S/C9H15N5O3S/c1-14(5-6-18(2,16)17)9(15)7-3-4-8(11-10)13-12-7/h3-4H,5-6,10H2,1-2H3,(H,11,13). The summed E-state index contributed by atoms with van der Waals surface area (Å²) in [6.45, 7) is 0.107. The third kappa shape index (κ3) is 4.26. The molecule has 0 saturated heterocycles. The van der Waals surface area contributed by atoms with Gasteiger partial charge in [0.15, 0.2) is 11.5 Å². The number of hydrazine groups is 1. The molecule has 1 heterocycles. The first kappa shape index (κ1) is 14.3. The maximum absolute atomic E-state index is 11.8. The molecule has 0 saturated carbocycles. The van der Waals surface area contributed by atoms with E-state index in [0.717, 1.165) is 6.26 Å². The molecule has 0 radical (unpaired) electrons. The fourth-order valence-corrected chi connectivity index (χ4v) is 1.73. The van der Waals surface area contributed by atoms with Crippen molar-refractivity contribution >= 4 is 21.6 Å². The molecule has 100 valence electrons. The minimum Gasteiger partial charge on any atom is -0.339 e. The minimum absolute atomic E-state index is 0.0922. The Kier molecular flexibility index (Phi) is 4.56. The number of sulfone groups is 1. The lowest BCUT2D eigenvalue weighted by Crippen LogP contribution is -2.32. The van der Waals surface area contributed by atoms with E-state index in [1.165, 1.54) is 24.1 Å². The van der Waals surface area contributed by atoms with Gasteiger partial charge in [-0.05, 0) is 12.1 Å². The second-order valence-electron chi connectivity index (χ2n) is 3.80. The molecular formula is C9H15N5O3S. The Balaban J connectivity index is 2.68. The number of nitrogens with zero attached hydrogens (tertiary/aromatic N) is 3. The van der Waals surface area contributed by atoms with Crippen LogP contribution in [-0.4, -0.2) is 55.0 Å². The molecule has 0 spiro atoms. The van der Waals surface area contributed by atoms with Gasteiger partial charge in [-0.15, -0.1) is 10.2 Å². The summed E-state index contributed by atoms with van der Waals surface area (Å²) >= 11 is 0. The largest absolute Gasteiger partial charge is 0.339 e. The minimum atomic E-state index is -3.10. The smallest absolute Gasteiger partial charge is 0.274 e. The van der Waals surface area contributed by atoms with E-state index >= 15 is 0 Å². The number of hydrogen-bond acceptors (Lipinski definition) is 7. The van der Waals surface area contributed by atoms with Crippen LogP contribution < -0.4 is 11.3 Å². The SMILES string of the molecule is CN(CCS(C)(=O)=O)C(=O)c1ccc(NN)nn1. The molecule has 0 aromatic carbocycles. The molecular weight excluding hydrogens is 258 g/mol. The highest BCUT2D eigenvalue weighted by molar-refractivity contribution is 7.90. The molecule has 0 unspecified atom stereocenters. The lowest BCUT2D eigenvalue weighted by molar-refractivity contribution is 0.0796. The summed E-state index contributed by atoms with van der Waals surface area (Å²) in [5.41, 5.74) is 2.42. The van der Waals surface area contributed by atoms with Gasteiger partial charge >= 0.3 is 0 Å². The van der Waals surface area contributed by atoms with E-state index in [1.54, 1.807) is 0 Å². The molecule has 1 amide bonds. The molecule has 8 nitrogen and oxygen atoms in total. The van der Waals surface area contributed by atoms with Crippen LogP contribution in [0.4, 0.5) is 5.82 Å². The highest BCUT2D eigenvalue weighted by Gasteiger charge is 2.15. The van der Waals surface area contributed by atoms with Gasteiger partial charge in [0.25, 0.3) is 5.91 Å². The van der Waals surface area contributed by atoms with Gasteiger partial charge in [-0.2, -0.15) is 0 Å². The van der Waals surface area contributed by atoms with E-state index in [0.29, 0.717) is 5.82 Å². The van der Waals surface area contributed by atoms with E-state index in [-0.39, 0.29) is 18.0 Å². The van der Waals surface area contributed by atoms with E-state index in [9.17, 15) is 13.2 Å². The monoisotopic (exact) mass is 273 g/mol. The highest BCUT2D eigenvalue weighted by atomic mass is 32.2. The third-order valence-corrected chi connectivity index (χ3v) is 3.10. The van der Waals surface area contributed by atoms with Gasteiger partial charge in [-0.3, -0.25) is 4.79 Å². The van der Waals surface area contributed by atoms with Crippen molar-refractivity contribution in [3.8, 4) is 0 Å². The van der Waals surface area contributed by atoms with Crippen molar-refractivity contribution in [3.63, 3.8) is 0 Å². The summed E-state index contributed by atoms with van der Waals surface area (Å²) in [5.74, 6) is 4.97. The number of carbonyl (C=O) groups is 1. The molecule has 1 aromatic heterocycles. The second kappa shape index (κ2) is 5.74. The van der Waals surface area contributed by atoms with Crippen molar-refractivity contribution in [1.82, 2.24) is 15.1 Å². The molecule has 0 aliphatic heterocycles. The van der Waals surface area contributed by atoms with Crippen LogP contribution in [0.1, 0.15) is 10.5 Å². The maximum atomic E-state index is 11.8. The summed E-state index contributed by atoms with van der Waals surface area (Å²) in [6.07, 6.45) is 1.12. The van der Waals surface area contributed by atoms with E-state index in [4.69, 9.17) is 5.84 Å². The van der Waals surface area contributed by atoms with Gasteiger partial charge in [0.2, 0.25) is 0 Å². The fourth-order valence-electron chi connectivity index (χ4n) is 1.12. The van der Waals surface area contributed by atoms with Crippen molar-refractivity contribution in [3.05, 3.63) is 17.8 Å².